The number of hydrogen-bond acceptors (Lipinski definition) is 9. The smallest absolute Gasteiger partial charge is 0.414 e. The summed E-state index contributed by atoms with van der Waals surface area (Å²) in [5.41, 5.74) is 2.29. The van der Waals surface area contributed by atoms with Crippen LogP contribution in [0.25, 0.3) is 11.0 Å². The highest BCUT2D eigenvalue weighted by atomic mass is 16.6. The van der Waals surface area contributed by atoms with E-state index >= 15 is 0 Å². The number of carbonyl (C=O) groups excluding carboxylic acids is 1. The average Bonchev–Trinajstić information content (AvgIpc) is 3.24. The molecule has 0 saturated carbocycles. The summed E-state index contributed by atoms with van der Waals surface area (Å²) in [6.45, 7) is 4.57. The molecule has 4 heterocycles. The molecule has 0 spiro atoms. The fraction of sp³-hybridized carbons (Fsp3) is 0.400. The van der Waals surface area contributed by atoms with Crippen molar-refractivity contribution in [1.82, 2.24) is 14.9 Å². The van der Waals surface area contributed by atoms with Gasteiger partial charge in [-0.25, -0.2) is 14.8 Å². The van der Waals surface area contributed by atoms with Crippen LogP contribution in [-0.2, 0) is 4.74 Å². The van der Waals surface area contributed by atoms with Crippen molar-refractivity contribution in [3.63, 3.8) is 0 Å². The van der Waals surface area contributed by atoms with E-state index in [1.165, 1.54) is 0 Å². The Morgan fingerprint density at radius 1 is 1.03 bits per heavy atom. The molecule has 3 aliphatic rings. The van der Waals surface area contributed by atoms with Crippen LogP contribution in [0.4, 0.5) is 10.5 Å². The SMILES string of the molecule is COc1ccc2ncc(OCC3CN(C[C@@H]4CN(c5ccc6c(c5)OCCO6)C(=O)O4)C3)nc2c1. The van der Waals surface area contributed by atoms with E-state index in [-0.39, 0.29) is 12.2 Å². The second-order valence-electron chi connectivity index (χ2n) is 8.90. The Labute approximate surface area is 202 Å². The van der Waals surface area contributed by atoms with Gasteiger partial charge in [-0.15, -0.1) is 0 Å². The van der Waals surface area contributed by atoms with Crippen LogP contribution in [-0.4, -0.2) is 80.2 Å². The maximum atomic E-state index is 12.5. The lowest BCUT2D eigenvalue weighted by atomic mass is 10.0. The summed E-state index contributed by atoms with van der Waals surface area (Å²) in [4.78, 5) is 25.3. The second kappa shape index (κ2) is 9.10. The third kappa shape index (κ3) is 4.49. The number of cyclic esters (lactones) is 1. The fourth-order valence-corrected chi connectivity index (χ4v) is 4.62. The zero-order valence-electron chi connectivity index (χ0n) is 19.4. The van der Waals surface area contributed by atoms with E-state index in [9.17, 15) is 4.79 Å². The third-order valence-corrected chi connectivity index (χ3v) is 6.40. The minimum Gasteiger partial charge on any atom is -0.497 e. The number of nitrogens with zero attached hydrogens (tertiary/aromatic N) is 4. The van der Waals surface area contributed by atoms with Gasteiger partial charge in [-0.05, 0) is 24.3 Å². The maximum Gasteiger partial charge on any atom is 0.414 e. The number of benzene rings is 2. The van der Waals surface area contributed by atoms with Gasteiger partial charge in [-0.2, -0.15) is 0 Å². The summed E-state index contributed by atoms with van der Waals surface area (Å²) in [7, 11) is 1.62. The fourth-order valence-electron chi connectivity index (χ4n) is 4.62. The molecule has 2 aromatic carbocycles. The summed E-state index contributed by atoms with van der Waals surface area (Å²) in [6.07, 6.45) is 1.13. The van der Waals surface area contributed by atoms with Crippen LogP contribution in [0.1, 0.15) is 0 Å². The van der Waals surface area contributed by atoms with Crippen molar-refractivity contribution in [3.05, 3.63) is 42.6 Å². The minimum absolute atomic E-state index is 0.182. The van der Waals surface area contributed by atoms with Crippen molar-refractivity contribution in [3.8, 4) is 23.1 Å². The number of ether oxygens (including phenoxy) is 5. The number of hydrogen-bond donors (Lipinski definition) is 0. The van der Waals surface area contributed by atoms with Gasteiger partial charge in [0.05, 0.1) is 43.2 Å². The van der Waals surface area contributed by atoms with Crippen molar-refractivity contribution < 1.29 is 28.5 Å². The normalized spacial score (nSPS) is 20.0. The first-order chi connectivity index (χ1) is 17.1. The standard InChI is InChI=1S/C25H26N4O6/c1-31-18-3-4-20-21(9-18)27-24(10-26-20)34-15-16-11-28(12-16)13-19-14-29(25(30)35-19)17-2-5-22-23(8-17)33-7-6-32-22/h2-5,8-10,16,19H,6-7,11-15H2,1H3/t19-/m1/s1. The van der Waals surface area contributed by atoms with Crippen molar-refractivity contribution in [2.24, 2.45) is 5.92 Å². The molecule has 6 rings (SSSR count). The number of aromatic nitrogens is 2. The molecule has 0 aliphatic carbocycles. The Balaban J connectivity index is 0.984. The first-order valence-electron chi connectivity index (χ1n) is 11.7. The summed E-state index contributed by atoms with van der Waals surface area (Å²) >= 11 is 0. The molecule has 3 aromatic rings. The maximum absolute atomic E-state index is 12.5. The molecule has 1 aromatic heterocycles. The topological polar surface area (TPSA) is 95.5 Å². The molecule has 2 fully saturated rings. The Hall–Kier alpha value is -3.79. The summed E-state index contributed by atoms with van der Waals surface area (Å²) in [5, 5.41) is 0. The number of likely N-dealkylation sites (tertiary alicyclic amines) is 1. The van der Waals surface area contributed by atoms with E-state index < -0.39 is 0 Å². The lowest BCUT2D eigenvalue weighted by Crippen LogP contribution is -2.52. The first-order valence-corrected chi connectivity index (χ1v) is 11.7. The molecule has 0 radical (unpaired) electrons. The summed E-state index contributed by atoms with van der Waals surface area (Å²) in [5.74, 6) is 2.99. The van der Waals surface area contributed by atoms with Gasteiger partial charge in [0.15, 0.2) is 11.5 Å². The first kappa shape index (κ1) is 21.7. The molecule has 1 amide bonds. The van der Waals surface area contributed by atoms with E-state index in [1.807, 2.05) is 36.4 Å². The van der Waals surface area contributed by atoms with Crippen LogP contribution in [0.5, 0.6) is 23.1 Å². The Bertz CT molecular complexity index is 1250. The number of anilines is 1. The minimum atomic E-state index is -0.335. The Morgan fingerprint density at radius 3 is 2.74 bits per heavy atom. The highest BCUT2D eigenvalue weighted by molar-refractivity contribution is 5.90. The molecule has 0 unspecified atom stereocenters. The highest BCUT2D eigenvalue weighted by Crippen LogP contribution is 2.35. The highest BCUT2D eigenvalue weighted by Gasteiger charge is 2.37. The summed E-state index contributed by atoms with van der Waals surface area (Å²) < 4.78 is 28.0. The zero-order valence-corrected chi connectivity index (χ0v) is 19.4. The van der Waals surface area contributed by atoms with Gasteiger partial charge in [-0.3, -0.25) is 9.80 Å². The van der Waals surface area contributed by atoms with Crippen LogP contribution in [0.15, 0.2) is 42.6 Å². The average molecular weight is 479 g/mol. The monoisotopic (exact) mass is 478 g/mol. The van der Waals surface area contributed by atoms with E-state index in [1.54, 1.807) is 18.2 Å². The van der Waals surface area contributed by atoms with Crippen molar-refractivity contribution in [1.29, 1.82) is 0 Å². The van der Waals surface area contributed by atoms with Gasteiger partial charge in [0.1, 0.15) is 25.1 Å². The van der Waals surface area contributed by atoms with E-state index in [0.29, 0.717) is 56.2 Å². The van der Waals surface area contributed by atoms with Gasteiger partial charge in [0, 0.05) is 37.7 Å². The largest absolute Gasteiger partial charge is 0.497 e. The van der Waals surface area contributed by atoms with E-state index in [4.69, 9.17) is 23.7 Å². The molecule has 35 heavy (non-hydrogen) atoms. The number of carbonyl (C=O) groups is 1. The van der Waals surface area contributed by atoms with Gasteiger partial charge in [0.25, 0.3) is 0 Å². The molecule has 182 valence electrons. The van der Waals surface area contributed by atoms with Crippen LogP contribution in [0.3, 0.4) is 0 Å². The van der Waals surface area contributed by atoms with Crippen molar-refractivity contribution in [2.45, 2.75) is 6.10 Å². The van der Waals surface area contributed by atoms with Crippen molar-refractivity contribution in [2.75, 3.05) is 58.0 Å². The molecule has 3 aliphatic heterocycles. The second-order valence-corrected chi connectivity index (χ2v) is 8.90. The van der Waals surface area contributed by atoms with Crippen LogP contribution < -0.4 is 23.8 Å². The third-order valence-electron chi connectivity index (χ3n) is 6.40. The lowest BCUT2D eigenvalue weighted by molar-refractivity contribution is 0.0262. The van der Waals surface area contributed by atoms with Gasteiger partial charge in [-0.1, -0.05) is 0 Å². The van der Waals surface area contributed by atoms with Crippen LogP contribution >= 0.6 is 0 Å². The molecule has 10 heteroatoms. The Kier molecular flexibility index (Phi) is 5.65. The molecule has 10 nitrogen and oxygen atoms in total. The number of rotatable bonds is 7. The lowest BCUT2D eigenvalue weighted by Gasteiger charge is -2.39. The predicted molar refractivity (Wildman–Crippen MR) is 127 cm³/mol. The number of amides is 1. The molecule has 2 saturated heterocycles. The van der Waals surface area contributed by atoms with E-state index in [0.717, 1.165) is 35.6 Å². The zero-order chi connectivity index (χ0) is 23.8. The number of fused-ring (bicyclic) bond motifs is 2. The van der Waals surface area contributed by atoms with Gasteiger partial charge >= 0.3 is 6.09 Å². The van der Waals surface area contributed by atoms with Crippen LogP contribution in [0.2, 0.25) is 0 Å². The number of methoxy groups -OCH3 is 1. The van der Waals surface area contributed by atoms with Crippen LogP contribution in [0, 0.1) is 5.92 Å². The quantitative estimate of drug-likeness (QED) is 0.508. The molecular formula is C25H26N4O6. The van der Waals surface area contributed by atoms with E-state index in [2.05, 4.69) is 14.9 Å². The van der Waals surface area contributed by atoms with Gasteiger partial charge < -0.3 is 23.7 Å². The molecular weight excluding hydrogens is 452 g/mol. The van der Waals surface area contributed by atoms with Gasteiger partial charge in [0.2, 0.25) is 5.88 Å². The molecule has 0 N–H and O–H groups in total. The molecule has 1 atom stereocenters. The predicted octanol–water partition coefficient (Wildman–Crippen LogP) is 2.75. The summed E-state index contributed by atoms with van der Waals surface area (Å²) in [6, 6.07) is 11.1. The Morgan fingerprint density at radius 2 is 1.89 bits per heavy atom. The molecule has 0 bridgehead atoms. The van der Waals surface area contributed by atoms with Crippen molar-refractivity contribution >= 4 is 22.8 Å².